The lowest BCUT2D eigenvalue weighted by atomic mass is 10.2. The molecule has 1 aromatic heterocycles. The molecule has 0 aliphatic rings. The van der Waals surface area contributed by atoms with Crippen LogP contribution in [0.25, 0.3) is 0 Å². The Morgan fingerprint density at radius 2 is 2.40 bits per heavy atom. The van der Waals surface area contributed by atoms with E-state index in [9.17, 15) is 4.79 Å². The van der Waals surface area contributed by atoms with Gasteiger partial charge >= 0.3 is 0 Å². The monoisotopic (exact) mass is 210 g/mol. The van der Waals surface area contributed by atoms with Gasteiger partial charge in [0.05, 0.1) is 6.61 Å². The van der Waals surface area contributed by atoms with Crippen LogP contribution in [0.5, 0.6) is 0 Å². The third-order valence-corrected chi connectivity index (χ3v) is 2.34. The van der Waals surface area contributed by atoms with E-state index in [1.807, 2.05) is 13.8 Å². The van der Waals surface area contributed by atoms with Crippen molar-refractivity contribution in [3.05, 3.63) is 24.0 Å². The van der Waals surface area contributed by atoms with Crippen LogP contribution < -0.4 is 5.32 Å². The zero-order valence-corrected chi connectivity index (χ0v) is 9.23. The number of hydrogen-bond acceptors (Lipinski definition) is 2. The zero-order chi connectivity index (χ0) is 11.3. The van der Waals surface area contributed by atoms with Gasteiger partial charge in [-0.25, -0.2) is 0 Å². The van der Waals surface area contributed by atoms with E-state index in [0.717, 1.165) is 12.0 Å². The van der Waals surface area contributed by atoms with Crippen LogP contribution in [0.4, 0.5) is 0 Å². The number of aliphatic hydroxyl groups is 1. The minimum Gasteiger partial charge on any atom is -0.392 e. The second-order valence-electron chi connectivity index (χ2n) is 3.73. The van der Waals surface area contributed by atoms with E-state index in [1.54, 1.807) is 23.0 Å². The summed E-state index contributed by atoms with van der Waals surface area (Å²) in [5.41, 5.74) is 0.825. The minimum atomic E-state index is 0.00411. The summed E-state index contributed by atoms with van der Waals surface area (Å²) in [5, 5.41) is 11.7. The van der Waals surface area contributed by atoms with Gasteiger partial charge in [-0.1, -0.05) is 6.92 Å². The van der Waals surface area contributed by atoms with Gasteiger partial charge in [0.25, 0.3) is 0 Å². The second-order valence-corrected chi connectivity index (χ2v) is 3.73. The molecule has 0 saturated heterocycles. The molecular formula is C11H18N2O2. The number of nitrogens with zero attached hydrogens (tertiary/aromatic N) is 1. The number of carbonyl (C=O) groups excluding carboxylic acids is 1. The van der Waals surface area contributed by atoms with E-state index in [2.05, 4.69) is 5.32 Å². The summed E-state index contributed by atoms with van der Waals surface area (Å²) < 4.78 is 1.77. The average molecular weight is 210 g/mol. The van der Waals surface area contributed by atoms with Gasteiger partial charge in [0.1, 0.15) is 6.54 Å². The Morgan fingerprint density at radius 1 is 1.67 bits per heavy atom. The maximum absolute atomic E-state index is 11.5. The first-order valence-electron chi connectivity index (χ1n) is 5.20. The van der Waals surface area contributed by atoms with E-state index < -0.39 is 0 Å². The highest BCUT2D eigenvalue weighted by molar-refractivity contribution is 5.76. The maximum Gasteiger partial charge on any atom is 0.240 e. The van der Waals surface area contributed by atoms with Gasteiger partial charge in [0.2, 0.25) is 5.91 Å². The van der Waals surface area contributed by atoms with Crippen molar-refractivity contribution in [2.75, 3.05) is 0 Å². The zero-order valence-electron chi connectivity index (χ0n) is 9.23. The molecule has 0 spiro atoms. The summed E-state index contributed by atoms with van der Waals surface area (Å²) in [5.74, 6) is 0.00411. The molecule has 0 aliphatic heterocycles. The van der Waals surface area contributed by atoms with Crippen LogP contribution in [0, 0.1) is 0 Å². The molecule has 1 atom stereocenters. The summed E-state index contributed by atoms with van der Waals surface area (Å²) in [6, 6.07) is 2.02. The first kappa shape index (κ1) is 11.8. The van der Waals surface area contributed by atoms with Gasteiger partial charge in [-0.2, -0.15) is 0 Å². The highest BCUT2D eigenvalue weighted by atomic mass is 16.3. The van der Waals surface area contributed by atoms with Crippen LogP contribution in [0.15, 0.2) is 18.5 Å². The molecule has 1 amide bonds. The lowest BCUT2D eigenvalue weighted by Crippen LogP contribution is -2.34. The van der Waals surface area contributed by atoms with Crippen LogP contribution in [-0.2, 0) is 17.9 Å². The van der Waals surface area contributed by atoms with Gasteiger partial charge in [0, 0.05) is 18.4 Å². The Labute approximate surface area is 89.9 Å². The molecule has 84 valence electrons. The summed E-state index contributed by atoms with van der Waals surface area (Å²) in [7, 11) is 0. The SMILES string of the molecule is CCC(C)NC(=O)Cn1ccc(CO)c1. The molecule has 0 aliphatic carbocycles. The summed E-state index contributed by atoms with van der Waals surface area (Å²) in [4.78, 5) is 11.5. The van der Waals surface area contributed by atoms with Crippen LogP contribution in [0.1, 0.15) is 25.8 Å². The average Bonchev–Trinajstić information content (AvgIpc) is 2.65. The number of rotatable bonds is 5. The Morgan fingerprint density at radius 3 is 2.93 bits per heavy atom. The van der Waals surface area contributed by atoms with Gasteiger partial charge in [0.15, 0.2) is 0 Å². The maximum atomic E-state index is 11.5. The highest BCUT2D eigenvalue weighted by Crippen LogP contribution is 2.00. The van der Waals surface area contributed by atoms with Crippen molar-refractivity contribution < 1.29 is 9.90 Å². The molecule has 4 heteroatoms. The Bertz CT molecular complexity index is 320. The molecule has 1 rings (SSSR count). The fourth-order valence-electron chi connectivity index (χ4n) is 1.27. The van der Waals surface area contributed by atoms with Crippen LogP contribution >= 0.6 is 0 Å². The quantitative estimate of drug-likeness (QED) is 0.758. The Balaban J connectivity index is 2.44. The molecule has 0 bridgehead atoms. The molecule has 4 nitrogen and oxygen atoms in total. The van der Waals surface area contributed by atoms with E-state index in [-0.39, 0.29) is 18.6 Å². The number of amides is 1. The highest BCUT2D eigenvalue weighted by Gasteiger charge is 2.06. The van der Waals surface area contributed by atoms with E-state index in [1.165, 1.54) is 0 Å². The Kier molecular flexibility index (Phi) is 4.37. The second kappa shape index (κ2) is 5.56. The standard InChI is InChI=1S/C11H18N2O2/c1-3-9(2)12-11(15)7-13-5-4-10(6-13)8-14/h4-6,9,14H,3,7-8H2,1-2H3,(H,12,15). The summed E-state index contributed by atoms with van der Waals surface area (Å²) >= 11 is 0. The predicted molar refractivity (Wildman–Crippen MR) is 58.3 cm³/mol. The number of nitrogens with one attached hydrogen (secondary N) is 1. The molecule has 15 heavy (non-hydrogen) atoms. The summed E-state index contributed by atoms with van der Waals surface area (Å²) in [6.07, 6.45) is 4.50. The molecular weight excluding hydrogens is 192 g/mol. The molecule has 0 radical (unpaired) electrons. The van der Waals surface area contributed by atoms with Gasteiger partial charge in [-0.3, -0.25) is 4.79 Å². The van der Waals surface area contributed by atoms with Crippen LogP contribution in [0.3, 0.4) is 0 Å². The molecule has 1 unspecified atom stereocenters. The van der Waals surface area contributed by atoms with Crippen molar-refractivity contribution in [2.24, 2.45) is 0 Å². The lowest BCUT2D eigenvalue weighted by Gasteiger charge is -2.11. The first-order valence-corrected chi connectivity index (χ1v) is 5.20. The fraction of sp³-hybridized carbons (Fsp3) is 0.545. The number of hydrogen-bond donors (Lipinski definition) is 2. The van der Waals surface area contributed by atoms with Crippen molar-refractivity contribution in [1.82, 2.24) is 9.88 Å². The van der Waals surface area contributed by atoms with Crippen molar-refractivity contribution >= 4 is 5.91 Å². The van der Waals surface area contributed by atoms with E-state index >= 15 is 0 Å². The lowest BCUT2D eigenvalue weighted by molar-refractivity contribution is -0.122. The van der Waals surface area contributed by atoms with Crippen molar-refractivity contribution in [2.45, 2.75) is 39.5 Å². The van der Waals surface area contributed by atoms with E-state index in [0.29, 0.717) is 6.54 Å². The topological polar surface area (TPSA) is 54.3 Å². The smallest absolute Gasteiger partial charge is 0.240 e. The molecule has 1 heterocycles. The first-order chi connectivity index (χ1) is 7.15. The number of aromatic nitrogens is 1. The molecule has 2 N–H and O–H groups in total. The predicted octanol–water partition coefficient (Wildman–Crippen LogP) is 0.895. The third-order valence-electron chi connectivity index (χ3n) is 2.34. The third kappa shape index (κ3) is 3.75. The number of aliphatic hydroxyl groups excluding tert-OH is 1. The minimum absolute atomic E-state index is 0.00411. The Hall–Kier alpha value is -1.29. The van der Waals surface area contributed by atoms with Crippen molar-refractivity contribution in [3.63, 3.8) is 0 Å². The van der Waals surface area contributed by atoms with Gasteiger partial charge in [-0.05, 0) is 25.0 Å². The normalized spacial score (nSPS) is 12.5. The van der Waals surface area contributed by atoms with Crippen LogP contribution in [0.2, 0.25) is 0 Å². The molecule has 0 aromatic carbocycles. The molecule has 1 aromatic rings. The van der Waals surface area contributed by atoms with Gasteiger partial charge < -0.3 is 15.0 Å². The van der Waals surface area contributed by atoms with Crippen molar-refractivity contribution in [1.29, 1.82) is 0 Å². The molecule has 0 fully saturated rings. The van der Waals surface area contributed by atoms with Gasteiger partial charge in [-0.15, -0.1) is 0 Å². The number of carbonyl (C=O) groups is 1. The van der Waals surface area contributed by atoms with E-state index in [4.69, 9.17) is 5.11 Å². The largest absolute Gasteiger partial charge is 0.392 e. The fourth-order valence-corrected chi connectivity index (χ4v) is 1.27. The van der Waals surface area contributed by atoms with Crippen molar-refractivity contribution in [3.8, 4) is 0 Å². The van der Waals surface area contributed by atoms with Crippen LogP contribution in [-0.4, -0.2) is 21.6 Å². The molecule has 0 saturated carbocycles. The summed E-state index contributed by atoms with van der Waals surface area (Å²) in [6.45, 7) is 4.33.